The first-order valence-electron chi connectivity index (χ1n) is 8.87. The molecule has 1 aliphatic rings. The lowest BCUT2D eigenvalue weighted by Gasteiger charge is -2.29. The Balaban J connectivity index is 2.33. The standard InChI is InChI=1S/C20H22FN3O3/c1-5-27-20(26)15-12(4)23-18-17(19(25)24(10-22-18)11(2)3)16(15)13-8-6-7-9-14(13)21/h6-11,16,23H,5H2,1-4H3. The van der Waals surface area contributed by atoms with Crippen molar-refractivity contribution in [2.24, 2.45) is 0 Å². The topological polar surface area (TPSA) is 73.2 Å². The second-order valence-electron chi connectivity index (χ2n) is 6.65. The predicted octanol–water partition coefficient (Wildman–Crippen LogP) is 3.36. The first-order valence-corrected chi connectivity index (χ1v) is 8.87. The maximum absolute atomic E-state index is 14.7. The fraction of sp³-hybridized carbons (Fsp3) is 0.350. The molecule has 2 aromatic rings. The number of allylic oxidation sites excluding steroid dienone is 1. The Bertz CT molecular complexity index is 979. The van der Waals surface area contributed by atoms with Crippen LogP contribution in [0.3, 0.4) is 0 Å². The normalized spacial score (nSPS) is 16.1. The molecule has 1 aliphatic heterocycles. The molecule has 1 unspecified atom stereocenters. The minimum absolute atomic E-state index is 0.130. The van der Waals surface area contributed by atoms with Crippen LogP contribution in [0.15, 0.2) is 46.7 Å². The maximum atomic E-state index is 14.7. The molecule has 3 rings (SSSR count). The third kappa shape index (κ3) is 3.25. The zero-order valence-electron chi connectivity index (χ0n) is 15.7. The number of ether oxygens (including phenoxy) is 1. The molecule has 27 heavy (non-hydrogen) atoms. The molecule has 1 atom stereocenters. The molecule has 1 aromatic carbocycles. The number of anilines is 1. The summed E-state index contributed by atoms with van der Waals surface area (Å²) in [6.45, 7) is 7.28. The van der Waals surface area contributed by atoms with E-state index in [4.69, 9.17) is 4.74 Å². The molecule has 6 nitrogen and oxygen atoms in total. The molecule has 0 spiro atoms. The monoisotopic (exact) mass is 371 g/mol. The SMILES string of the molecule is CCOC(=O)C1=C(C)Nc2ncn(C(C)C)c(=O)c2C1c1ccccc1F. The van der Waals surface area contributed by atoms with Crippen LogP contribution in [0.4, 0.5) is 10.2 Å². The van der Waals surface area contributed by atoms with E-state index in [1.807, 2.05) is 13.8 Å². The van der Waals surface area contributed by atoms with Crippen molar-refractivity contribution in [3.63, 3.8) is 0 Å². The van der Waals surface area contributed by atoms with Gasteiger partial charge in [0.25, 0.3) is 5.56 Å². The van der Waals surface area contributed by atoms with Gasteiger partial charge in [-0.25, -0.2) is 14.2 Å². The number of aromatic nitrogens is 2. The molecule has 0 saturated carbocycles. The van der Waals surface area contributed by atoms with Crippen LogP contribution in [0.25, 0.3) is 0 Å². The number of esters is 1. The number of hydrogen-bond donors (Lipinski definition) is 1. The van der Waals surface area contributed by atoms with E-state index in [1.165, 1.54) is 17.0 Å². The maximum Gasteiger partial charge on any atom is 0.336 e. The van der Waals surface area contributed by atoms with Crippen LogP contribution in [0.1, 0.15) is 50.8 Å². The van der Waals surface area contributed by atoms with Gasteiger partial charge in [0, 0.05) is 17.3 Å². The van der Waals surface area contributed by atoms with Crippen molar-refractivity contribution in [1.82, 2.24) is 9.55 Å². The molecule has 0 aliphatic carbocycles. The van der Waals surface area contributed by atoms with Crippen molar-refractivity contribution in [3.05, 3.63) is 69.2 Å². The molecular weight excluding hydrogens is 349 g/mol. The van der Waals surface area contributed by atoms with Crippen molar-refractivity contribution in [2.75, 3.05) is 11.9 Å². The van der Waals surface area contributed by atoms with Crippen LogP contribution < -0.4 is 10.9 Å². The summed E-state index contributed by atoms with van der Waals surface area (Å²) in [5.41, 5.74) is 0.872. The van der Waals surface area contributed by atoms with Crippen LogP contribution in [0.5, 0.6) is 0 Å². The smallest absolute Gasteiger partial charge is 0.336 e. The van der Waals surface area contributed by atoms with Gasteiger partial charge >= 0.3 is 5.97 Å². The van der Waals surface area contributed by atoms with E-state index in [-0.39, 0.29) is 34.9 Å². The van der Waals surface area contributed by atoms with Crippen LogP contribution in [-0.4, -0.2) is 22.1 Å². The van der Waals surface area contributed by atoms with Crippen molar-refractivity contribution in [1.29, 1.82) is 0 Å². The van der Waals surface area contributed by atoms with Gasteiger partial charge in [0.1, 0.15) is 18.0 Å². The minimum Gasteiger partial charge on any atom is -0.463 e. The van der Waals surface area contributed by atoms with E-state index in [1.54, 1.807) is 32.0 Å². The molecule has 7 heteroatoms. The number of nitrogens with zero attached hydrogens (tertiary/aromatic N) is 2. The molecular formula is C20H22FN3O3. The van der Waals surface area contributed by atoms with Crippen LogP contribution >= 0.6 is 0 Å². The fourth-order valence-corrected chi connectivity index (χ4v) is 3.32. The highest BCUT2D eigenvalue weighted by molar-refractivity contribution is 5.94. The van der Waals surface area contributed by atoms with Gasteiger partial charge in [-0.2, -0.15) is 0 Å². The molecule has 1 aromatic heterocycles. The zero-order valence-corrected chi connectivity index (χ0v) is 15.7. The molecule has 142 valence electrons. The Labute approximate surface area is 156 Å². The minimum atomic E-state index is -0.896. The number of fused-ring (bicyclic) bond motifs is 1. The lowest BCUT2D eigenvalue weighted by atomic mass is 9.82. The van der Waals surface area contributed by atoms with Gasteiger partial charge < -0.3 is 10.1 Å². The molecule has 1 N–H and O–H groups in total. The van der Waals surface area contributed by atoms with E-state index in [9.17, 15) is 14.0 Å². The van der Waals surface area contributed by atoms with Gasteiger partial charge in [-0.3, -0.25) is 9.36 Å². The van der Waals surface area contributed by atoms with E-state index >= 15 is 0 Å². The van der Waals surface area contributed by atoms with Gasteiger partial charge in [-0.15, -0.1) is 0 Å². The summed E-state index contributed by atoms with van der Waals surface area (Å²) >= 11 is 0. The summed E-state index contributed by atoms with van der Waals surface area (Å²) in [4.78, 5) is 30.2. The quantitative estimate of drug-likeness (QED) is 0.835. The van der Waals surface area contributed by atoms with Gasteiger partial charge in [-0.1, -0.05) is 18.2 Å². The molecule has 2 heterocycles. The van der Waals surface area contributed by atoms with E-state index in [2.05, 4.69) is 10.3 Å². The third-order valence-electron chi connectivity index (χ3n) is 4.59. The Morgan fingerprint density at radius 1 is 1.37 bits per heavy atom. The number of carbonyl (C=O) groups is 1. The average molecular weight is 371 g/mol. The van der Waals surface area contributed by atoms with Crippen molar-refractivity contribution >= 4 is 11.8 Å². The molecule has 0 amide bonds. The van der Waals surface area contributed by atoms with Crippen molar-refractivity contribution in [3.8, 4) is 0 Å². The molecule has 0 radical (unpaired) electrons. The highest BCUT2D eigenvalue weighted by Gasteiger charge is 2.37. The third-order valence-corrected chi connectivity index (χ3v) is 4.59. The predicted molar refractivity (Wildman–Crippen MR) is 100 cm³/mol. The lowest BCUT2D eigenvalue weighted by molar-refractivity contribution is -0.138. The number of rotatable bonds is 4. The van der Waals surface area contributed by atoms with Gasteiger partial charge in [0.2, 0.25) is 0 Å². The number of carbonyl (C=O) groups excluding carboxylic acids is 1. The van der Waals surface area contributed by atoms with Gasteiger partial charge in [0.05, 0.1) is 23.7 Å². The Morgan fingerprint density at radius 2 is 2.07 bits per heavy atom. The van der Waals surface area contributed by atoms with Crippen LogP contribution in [0, 0.1) is 5.82 Å². The number of benzene rings is 1. The first kappa shape index (κ1) is 18.8. The van der Waals surface area contributed by atoms with Crippen LogP contribution in [0.2, 0.25) is 0 Å². The summed E-state index contributed by atoms with van der Waals surface area (Å²) in [7, 11) is 0. The van der Waals surface area contributed by atoms with E-state index in [0.29, 0.717) is 11.5 Å². The molecule has 0 bridgehead atoms. The Morgan fingerprint density at radius 3 is 2.70 bits per heavy atom. The largest absolute Gasteiger partial charge is 0.463 e. The number of nitrogens with one attached hydrogen (secondary N) is 1. The number of halogens is 1. The highest BCUT2D eigenvalue weighted by atomic mass is 19.1. The van der Waals surface area contributed by atoms with Crippen molar-refractivity contribution < 1.29 is 13.9 Å². The second kappa shape index (κ2) is 7.34. The summed E-state index contributed by atoms with van der Waals surface area (Å²) in [5.74, 6) is -1.64. The van der Waals surface area contributed by atoms with E-state index < -0.39 is 17.7 Å². The summed E-state index contributed by atoms with van der Waals surface area (Å²) in [6, 6.07) is 6.00. The zero-order chi connectivity index (χ0) is 19.7. The van der Waals surface area contributed by atoms with Gasteiger partial charge in [-0.05, 0) is 33.8 Å². The second-order valence-corrected chi connectivity index (χ2v) is 6.65. The van der Waals surface area contributed by atoms with Crippen LogP contribution in [-0.2, 0) is 9.53 Å². The van der Waals surface area contributed by atoms with Crippen molar-refractivity contribution in [2.45, 2.75) is 39.7 Å². The summed E-state index contributed by atoms with van der Waals surface area (Å²) in [5, 5.41) is 3.01. The average Bonchev–Trinajstić information content (AvgIpc) is 2.61. The number of hydrogen-bond acceptors (Lipinski definition) is 5. The molecule has 0 fully saturated rings. The summed E-state index contributed by atoms with van der Waals surface area (Å²) < 4.78 is 21.3. The Hall–Kier alpha value is -2.96. The summed E-state index contributed by atoms with van der Waals surface area (Å²) in [6.07, 6.45) is 1.46. The lowest BCUT2D eigenvalue weighted by Crippen LogP contribution is -2.34. The first-order chi connectivity index (χ1) is 12.9. The Kier molecular flexibility index (Phi) is 5.12. The molecule has 0 saturated heterocycles. The fourth-order valence-electron chi connectivity index (χ4n) is 3.32. The highest BCUT2D eigenvalue weighted by Crippen LogP contribution is 2.40. The van der Waals surface area contributed by atoms with E-state index in [0.717, 1.165) is 0 Å². The van der Waals surface area contributed by atoms with Gasteiger partial charge in [0.15, 0.2) is 0 Å².